The van der Waals surface area contributed by atoms with E-state index in [2.05, 4.69) is 16.6 Å². The molecule has 0 aliphatic heterocycles. The van der Waals surface area contributed by atoms with Crippen molar-refractivity contribution in [3.05, 3.63) is 42.0 Å². The SMILES string of the molecule is C=C(CC(=O)OC)C(=O)Oc1ccc(CC(N)C(=O)NCC)cc1. The lowest BCUT2D eigenvalue weighted by atomic mass is 10.1. The highest BCUT2D eigenvalue weighted by atomic mass is 16.5. The molecule has 1 aromatic carbocycles. The lowest BCUT2D eigenvalue weighted by Gasteiger charge is -2.12. The van der Waals surface area contributed by atoms with Crippen molar-refractivity contribution in [3.63, 3.8) is 0 Å². The summed E-state index contributed by atoms with van der Waals surface area (Å²) in [5.41, 5.74) is 6.64. The minimum absolute atomic E-state index is 0.00388. The Morgan fingerprint density at radius 3 is 2.42 bits per heavy atom. The van der Waals surface area contributed by atoms with Crippen molar-refractivity contribution in [2.45, 2.75) is 25.8 Å². The number of ether oxygens (including phenoxy) is 2. The smallest absolute Gasteiger partial charge is 0.339 e. The predicted molar refractivity (Wildman–Crippen MR) is 88.2 cm³/mol. The second-order valence-corrected chi connectivity index (χ2v) is 5.10. The minimum atomic E-state index is -0.702. The number of carbonyl (C=O) groups excluding carboxylic acids is 3. The van der Waals surface area contributed by atoms with E-state index in [4.69, 9.17) is 10.5 Å². The molecule has 0 aliphatic carbocycles. The summed E-state index contributed by atoms with van der Waals surface area (Å²) < 4.78 is 9.57. The number of esters is 2. The number of hydrogen-bond donors (Lipinski definition) is 2. The van der Waals surface area contributed by atoms with Gasteiger partial charge in [0.05, 0.1) is 19.6 Å². The first-order valence-electron chi connectivity index (χ1n) is 7.46. The summed E-state index contributed by atoms with van der Waals surface area (Å²) in [4.78, 5) is 34.5. The van der Waals surface area contributed by atoms with E-state index in [1.54, 1.807) is 24.3 Å². The molecule has 0 fully saturated rings. The fourth-order valence-corrected chi connectivity index (χ4v) is 1.84. The Morgan fingerprint density at radius 2 is 1.88 bits per heavy atom. The molecular weight excluding hydrogens is 312 g/mol. The van der Waals surface area contributed by atoms with Gasteiger partial charge in [0.1, 0.15) is 5.75 Å². The summed E-state index contributed by atoms with van der Waals surface area (Å²) in [5.74, 6) is -1.17. The van der Waals surface area contributed by atoms with E-state index in [0.717, 1.165) is 5.56 Å². The van der Waals surface area contributed by atoms with Crippen LogP contribution in [0.4, 0.5) is 0 Å². The summed E-state index contributed by atoms with van der Waals surface area (Å²) in [5, 5.41) is 2.66. The molecule has 0 aromatic heterocycles. The van der Waals surface area contributed by atoms with Crippen LogP contribution in [0.15, 0.2) is 36.4 Å². The van der Waals surface area contributed by atoms with Gasteiger partial charge in [0.15, 0.2) is 0 Å². The Balaban J connectivity index is 2.58. The summed E-state index contributed by atoms with van der Waals surface area (Å²) in [7, 11) is 1.23. The lowest BCUT2D eigenvalue weighted by Crippen LogP contribution is -2.41. The number of hydrogen-bond acceptors (Lipinski definition) is 6. The van der Waals surface area contributed by atoms with Crippen molar-refractivity contribution in [2.75, 3.05) is 13.7 Å². The fourth-order valence-electron chi connectivity index (χ4n) is 1.84. The van der Waals surface area contributed by atoms with Crippen LogP contribution in [0, 0.1) is 0 Å². The number of rotatable bonds is 8. The average Bonchev–Trinajstić information content (AvgIpc) is 2.56. The number of nitrogens with one attached hydrogen (secondary N) is 1. The summed E-state index contributed by atoms with van der Waals surface area (Å²) in [6.07, 6.45) is 0.143. The molecule has 3 N–H and O–H groups in total. The Morgan fingerprint density at radius 1 is 1.25 bits per heavy atom. The molecule has 0 spiro atoms. The van der Waals surface area contributed by atoms with E-state index in [9.17, 15) is 14.4 Å². The zero-order valence-corrected chi connectivity index (χ0v) is 13.8. The number of amides is 1. The Labute approximate surface area is 140 Å². The van der Waals surface area contributed by atoms with E-state index in [0.29, 0.717) is 18.7 Å². The third-order valence-corrected chi connectivity index (χ3v) is 3.15. The molecule has 1 amide bonds. The fraction of sp³-hybridized carbons (Fsp3) is 0.353. The first-order valence-corrected chi connectivity index (χ1v) is 7.46. The van der Waals surface area contributed by atoms with Crippen LogP contribution in [0.1, 0.15) is 18.9 Å². The largest absolute Gasteiger partial charge is 0.469 e. The number of methoxy groups -OCH3 is 1. The minimum Gasteiger partial charge on any atom is -0.469 e. The van der Waals surface area contributed by atoms with Crippen molar-refractivity contribution in [3.8, 4) is 5.75 Å². The third-order valence-electron chi connectivity index (χ3n) is 3.15. The number of benzene rings is 1. The Bertz CT molecular complexity index is 610. The topological polar surface area (TPSA) is 108 Å². The quantitative estimate of drug-likeness (QED) is 0.412. The molecule has 7 nitrogen and oxygen atoms in total. The molecule has 7 heteroatoms. The van der Waals surface area contributed by atoms with Gasteiger partial charge in [-0.3, -0.25) is 9.59 Å². The molecule has 1 atom stereocenters. The average molecular weight is 334 g/mol. The van der Waals surface area contributed by atoms with E-state index in [1.165, 1.54) is 7.11 Å². The maximum absolute atomic E-state index is 11.8. The maximum Gasteiger partial charge on any atom is 0.339 e. The van der Waals surface area contributed by atoms with Gasteiger partial charge in [-0.25, -0.2) is 4.79 Å². The van der Waals surface area contributed by atoms with Crippen LogP contribution in [0.2, 0.25) is 0 Å². The van der Waals surface area contributed by atoms with Crippen molar-refractivity contribution < 1.29 is 23.9 Å². The van der Waals surface area contributed by atoms with Crippen molar-refractivity contribution in [2.24, 2.45) is 5.73 Å². The molecule has 0 aliphatic rings. The number of carbonyl (C=O) groups is 3. The zero-order valence-electron chi connectivity index (χ0n) is 13.8. The number of nitrogens with two attached hydrogens (primary N) is 1. The molecule has 1 unspecified atom stereocenters. The monoisotopic (exact) mass is 334 g/mol. The van der Waals surface area contributed by atoms with Crippen LogP contribution in [0.3, 0.4) is 0 Å². The highest BCUT2D eigenvalue weighted by Crippen LogP contribution is 2.15. The first kappa shape index (κ1) is 19.4. The van der Waals surface area contributed by atoms with Crippen LogP contribution in [0.25, 0.3) is 0 Å². The van der Waals surface area contributed by atoms with Crippen LogP contribution in [0.5, 0.6) is 5.75 Å². The highest BCUT2D eigenvalue weighted by molar-refractivity contribution is 5.94. The lowest BCUT2D eigenvalue weighted by molar-refractivity contribution is -0.141. The van der Waals surface area contributed by atoms with Gasteiger partial charge >= 0.3 is 11.9 Å². The van der Waals surface area contributed by atoms with Gasteiger partial charge < -0.3 is 20.5 Å². The predicted octanol–water partition coefficient (Wildman–Crippen LogP) is 0.717. The molecular formula is C17H22N2O5. The summed E-state index contributed by atoms with van der Waals surface area (Å²) in [6.45, 7) is 5.84. The van der Waals surface area contributed by atoms with Gasteiger partial charge in [-0.1, -0.05) is 18.7 Å². The molecule has 0 heterocycles. The molecule has 1 rings (SSSR count). The van der Waals surface area contributed by atoms with E-state index in [-0.39, 0.29) is 17.9 Å². The molecule has 130 valence electrons. The van der Waals surface area contributed by atoms with Crippen LogP contribution in [-0.2, 0) is 25.5 Å². The molecule has 0 radical (unpaired) electrons. The first-order chi connectivity index (χ1) is 11.4. The standard InChI is InChI=1S/C17H22N2O5/c1-4-19-16(21)14(18)10-12-5-7-13(8-6-12)24-17(22)11(2)9-15(20)23-3/h5-8,14H,2,4,9-10,18H2,1,3H3,(H,19,21). The Hall–Kier alpha value is -2.67. The van der Waals surface area contributed by atoms with Gasteiger partial charge in [0.2, 0.25) is 5.91 Å². The van der Waals surface area contributed by atoms with Crippen LogP contribution >= 0.6 is 0 Å². The van der Waals surface area contributed by atoms with Crippen LogP contribution in [-0.4, -0.2) is 37.5 Å². The van der Waals surface area contributed by atoms with Gasteiger partial charge in [-0.05, 0) is 31.0 Å². The van der Waals surface area contributed by atoms with Crippen molar-refractivity contribution in [1.29, 1.82) is 0 Å². The second-order valence-electron chi connectivity index (χ2n) is 5.10. The summed E-state index contributed by atoms with van der Waals surface area (Å²) in [6, 6.07) is 5.96. The van der Waals surface area contributed by atoms with E-state index >= 15 is 0 Å². The van der Waals surface area contributed by atoms with Crippen molar-refractivity contribution >= 4 is 17.8 Å². The van der Waals surface area contributed by atoms with E-state index in [1.807, 2.05) is 6.92 Å². The molecule has 1 aromatic rings. The molecule has 0 saturated carbocycles. The van der Waals surface area contributed by atoms with Crippen molar-refractivity contribution in [1.82, 2.24) is 5.32 Å². The van der Waals surface area contributed by atoms with Gasteiger partial charge in [-0.2, -0.15) is 0 Å². The second kappa shape index (κ2) is 9.46. The molecule has 24 heavy (non-hydrogen) atoms. The maximum atomic E-state index is 11.8. The third kappa shape index (κ3) is 6.21. The van der Waals surface area contributed by atoms with Gasteiger partial charge in [-0.15, -0.1) is 0 Å². The highest BCUT2D eigenvalue weighted by Gasteiger charge is 2.15. The van der Waals surface area contributed by atoms with Gasteiger partial charge in [0, 0.05) is 12.1 Å². The van der Waals surface area contributed by atoms with Gasteiger partial charge in [0.25, 0.3) is 0 Å². The summed E-state index contributed by atoms with van der Waals surface area (Å²) >= 11 is 0. The zero-order chi connectivity index (χ0) is 18.1. The number of likely N-dealkylation sites (N-methyl/N-ethyl adjacent to an activating group) is 1. The molecule has 0 saturated heterocycles. The Kier molecular flexibility index (Phi) is 7.64. The van der Waals surface area contributed by atoms with Crippen LogP contribution < -0.4 is 15.8 Å². The molecule has 0 bridgehead atoms. The van der Waals surface area contributed by atoms with E-state index < -0.39 is 18.0 Å². The normalized spacial score (nSPS) is 11.3.